The number of ether oxygens (including phenoxy) is 1. The van der Waals surface area contributed by atoms with E-state index < -0.39 is 23.7 Å². The van der Waals surface area contributed by atoms with E-state index in [2.05, 4.69) is 4.74 Å². The Balaban J connectivity index is 2.42. The van der Waals surface area contributed by atoms with Gasteiger partial charge in [0.15, 0.2) is 5.54 Å². The minimum absolute atomic E-state index is 0.112. The predicted octanol–water partition coefficient (Wildman–Crippen LogP) is 2.03. The Labute approximate surface area is 109 Å². The van der Waals surface area contributed by atoms with Crippen LogP contribution in [0.3, 0.4) is 0 Å². The average Bonchev–Trinajstić information content (AvgIpc) is 2.62. The number of carbonyl (C=O) groups excluding carboxylic acids is 2. The topological polar surface area (TPSA) is 83.9 Å². The minimum atomic E-state index is -1.48. The Kier molecular flexibility index (Phi) is 3.25. The molecule has 0 aromatic heterocycles. The third-order valence-corrected chi connectivity index (χ3v) is 3.29. The van der Waals surface area contributed by atoms with Crippen LogP contribution in [0.2, 0.25) is 0 Å². The van der Waals surface area contributed by atoms with E-state index in [-0.39, 0.29) is 12.8 Å². The molecule has 1 atom stereocenters. The fraction of sp³-hybridized carbons (Fsp3) is 0.308. The minimum Gasteiger partial charge on any atom is -0.464 e. The summed E-state index contributed by atoms with van der Waals surface area (Å²) in [6, 6.07) is 8.92. The number of cyclic esters (lactones) is 2. The van der Waals surface area contributed by atoms with E-state index in [9.17, 15) is 14.4 Å². The first-order valence-electron chi connectivity index (χ1n) is 5.84. The number of hydrogen-bond acceptors (Lipinski definition) is 4. The van der Waals surface area contributed by atoms with Crippen LogP contribution in [0.4, 0.5) is 9.59 Å². The second kappa shape index (κ2) is 4.72. The van der Waals surface area contributed by atoms with Crippen LogP contribution < -0.4 is 0 Å². The third-order valence-electron chi connectivity index (χ3n) is 3.29. The van der Waals surface area contributed by atoms with Crippen molar-refractivity contribution in [1.82, 2.24) is 4.90 Å². The molecule has 0 unspecified atom stereocenters. The zero-order valence-electron chi connectivity index (χ0n) is 10.3. The first kappa shape index (κ1) is 13.1. The van der Waals surface area contributed by atoms with Gasteiger partial charge < -0.3 is 9.84 Å². The predicted molar refractivity (Wildman–Crippen MR) is 64.5 cm³/mol. The van der Waals surface area contributed by atoms with Crippen molar-refractivity contribution < 1.29 is 24.2 Å². The molecule has 6 heteroatoms. The smallest absolute Gasteiger partial charge is 0.428 e. The molecular weight excluding hydrogens is 250 g/mol. The number of rotatable bonds is 3. The van der Waals surface area contributed by atoms with Gasteiger partial charge in [-0.25, -0.2) is 14.4 Å². The van der Waals surface area contributed by atoms with Crippen molar-refractivity contribution in [3.05, 3.63) is 35.9 Å². The summed E-state index contributed by atoms with van der Waals surface area (Å²) in [7, 11) is 0. The quantitative estimate of drug-likeness (QED) is 0.666. The lowest BCUT2D eigenvalue weighted by Crippen LogP contribution is -2.53. The van der Waals surface area contributed by atoms with Gasteiger partial charge in [0.2, 0.25) is 0 Å². The van der Waals surface area contributed by atoms with Gasteiger partial charge in [-0.05, 0) is 12.0 Å². The number of nitrogens with zero attached hydrogens (tertiary/aromatic N) is 1. The van der Waals surface area contributed by atoms with Gasteiger partial charge in [-0.3, -0.25) is 0 Å². The van der Waals surface area contributed by atoms with Crippen molar-refractivity contribution in [2.75, 3.05) is 0 Å². The monoisotopic (exact) mass is 263 g/mol. The molecule has 0 radical (unpaired) electrons. The van der Waals surface area contributed by atoms with Gasteiger partial charge in [0.1, 0.15) is 0 Å². The lowest BCUT2D eigenvalue weighted by Gasteiger charge is -2.29. The molecule has 1 aromatic carbocycles. The third kappa shape index (κ3) is 2.05. The number of carbonyl (C=O) groups is 3. The molecule has 1 aromatic rings. The van der Waals surface area contributed by atoms with E-state index in [1.165, 1.54) is 0 Å². The highest BCUT2D eigenvalue weighted by Crippen LogP contribution is 2.32. The standard InChI is InChI=1S/C13H13NO5/c1-2-13(8-9-6-4-3-5-7-9)10(15)19-12(18)14(13)11(16)17/h3-7H,2,8H2,1H3,(H,16,17)/t13-/m0/s1. The molecule has 0 aliphatic carbocycles. The van der Waals surface area contributed by atoms with Gasteiger partial charge in [0.25, 0.3) is 0 Å². The molecule has 0 spiro atoms. The Bertz CT molecular complexity index is 527. The summed E-state index contributed by atoms with van der Waals surface area (Å²) in [5.41, 5.74) is -0.702. The summed E-state index contributed by atoms with van der Waals surface area (Å²) in [6.07, 6.45) is -2.33. The fourth-order valence-corrected chi connectivity index (χ4v) is 2.26. The van der Waals surface area contributed by atoms with E-state index in [1.807, 2.05) is 6.07 Å². The van der Waals surface area contributed by atoms with Crippen LogP contribution in [-0.2, 0) is 16.0 Å². The number of esters is 1. The second-order valence-electron chi connectivity index (χ2n) is 4.32. The summed E-state index contributed by atoms with van der Waals surface area (Å²) >= 11 is 0. The maximum atomic E-state index is 11.9. The number of carboxylic acid groups (broad SMARTS) is 1. The maximum absolute atomic E-state index is 11.9. The maximum Gasteiger partial charge on any atom is 0.428 e. The Morgan fingerprint density at radius 2 is 1.95 bits per heavy atom. The van der Waals surface area contributed by atoms with E-state index in [0.717, 1.165) is 5.56 Å². The fourth-order valence-electron chi connectivity index (χ4n) is 2.26. The van der Waals surface area contributed by atoms with Gasteiger partial charge >= 0.3 is 18.2 Å². The lowest BCUT2D eigenvalue weighted by atomic mass is 9.87. The van der Waals surface area contributed by atoms with Crippen LogP contribution in [0, 0.1) is 0 Å². The molecule has 1 aliphatic heterocycles. The molecular formula is C13H13NO5. The van der Waals surface area contributed by atoms with Crippen molar-refractivity contribution in [3.8, 4) is 0 Å². The molecule has 6 nitrogen and oxygen atoms in total. The number of amides is 2. The summed E-state index contributed by atoms with van der Waals surface area (Å²) in [6.45, 7) is 1.65. The van der Waals surface area contributed by atoms with Gasteiger partial charge in [-0.2, -0.15) is 4.90 Å². The van der Waals surface area contributed by atoms with Gasteiger partial charge in [-0.1, -0.05) is 37.3 Å². The largest absolute Gasteiger partial charge is 0.464 e. The van der Waals surface area contributed by atoms with Gasteiger partial charge in [-0.15, -0.1) is 0 Å². The summed E-state index contributed by atoms with van der Waals surface area (Å²) < 4.78 is 4.48. The summed E-state index contributed by atoms with van der Waals surface area (Å²) in [5, 5.41) is 9.12. The Hall–Kier alpha value is -2.37. The van der Waals surface area contributed by atoms with Gasteiger partial charge in [0, 0.05) is 6.42 Å². The second-order valence-corrected chi connectivity index (χ2v) is 4.32. The molecule has 19 heavy (non-hydrogen) atoms. The highest BCUT2D eigenvalue weighted by atomic mass is 16.6. The molecule has 0 bridgehead atoms. The SMILES string of the molecule is CC[C@]1(Cc2ccccc2)C(=O)OC(=O)N1C(=O)O. The first-order chi connectivity index (χ1) is 9.01. The molecule has 2 amide bonds. The van der Waals surface area contributed by atoms with E-state index in [1.54, 1.807) is 31.2 Å². The molecule has 1 N–H and O–H groups in total. The molecule has 0 saturated carbocycles. The highest BCUT2D eigenvalue weighted by molar-refractivity contribution is 6.06. The zero-order valence-corrected chi connectivity index (χ0v) is 10.3. The first-order valence-corrected chi connectivity index (χ1v) is 5.84. The van der Waals surface area contributed by atoms with Crippen molar-refractivity contribution in [2.24, 2.45) is 0 Å². The Morgan fingerprint density at radius 3 is 2.47 bits per heavy atom. The molecule has 2 rings (SSSR count). The number of benzene rings is 1. The summed E-state index contributed by atoms with van der Waals surface area (Å²) in [4.78, 5) is 35.1. The zero-order chi connectivity index (χ0) is 14.0. The van der Waals surface area contributed by atoms with Gasteiger partial charge in [0.05, 0.1) is 0 Å². The number of imide groups is 1. The van der Waals surface area contributed by atoms with Crippen LogP contribution in [0.25, 0.3) is 0 Å². The van der Waals surface area contributed by atoms with Crippen molar-refractivity contribution in [2.45, 2.75) is 25.3 Å². The molecule has 1 fully saturated rings. The van der Waals surface area contributed by atoms with Crippen molar-refractivity contribution in [1.29, 1.82) is 0 Å². The molecule has 100 valence electrons. The van der Waals surface area contributed by atoms with Crippen LogP contribution in [0.5, 0.6) is 0 Å². The van der Waals surface area contributed by atoms with E-state index in [0.29, 0.717) is 4.90 Å². The summed E-state index contributed by atoms with van der Waals surface area (Å²) in [5.74, 6) is -0.814. The van der Waals surface area contributed by atoms with Crippen LogP contribution in [0.15, 0.2) is 30.3 Å². The van der Waals surface area contributed by atoms with Crippen molar-refractivity contribution >= 4 is 18.2 Å². The average molecular weight is 263 g/mol. The molecule has 1 saturated heterocycles. The highest BCUT2D eigenvalue weighted by Gasteiger charge is 2.57. The molecule has 1 heterocycles. The van der Waals surface area contributed by atoms with Crippen molar-refractivity contribution in [3.63, 3.8) is 0 Å². The molecule has 1 aliphatic rings. The normalized spacial score (nSPS) is 22.5. The lowest BCUT2D eigenvalue weighted by molar-refractivity contribution is -0.140. The van der Waals surface area contributed by atoms with E-state index in [4.69, 9.17) is 5.11 Å². The number of hydrogen-bond donors (Lipinski definition) is 1. The Morgan fingerprint density at radius 1 is 1.32 bits per heavy atom. The van der Waals surface area contributed by atoms with Crippen LogP contribution >= 0.6 is 0 Å². The van der Waals surface area contributed by atoms with E-state index >= 15 is 0 Å². The van der Waals surface area contributed by atoms with Crippen LogP contribution in [0.1, 0.15) is 18.9 Å². The van der Waals surface area contributed by atoms with Crippen LogP contribution in [-0.4, -0.2) is 33.7 Å².